The summed E-state index contributed by atoms with van der Waals surface area (Å²) in [5.74, 6) is 1.34. The van der Waals surface area contributed by atoms with Crippen molar-refractivity contribution in [2.24, 2.45) is 0 Å². The molecule has 2 aromatic heterocycles. The minimum Gasteiger partial charge on any atom is -0.311 e. The number of aromatic nitrogens is 4. The number of pyridine rings is 1. The number of carbonyl (C=O) groups is 1. The van der Waals surface area contributed by atoms with Gasteiger partial charge in [0, 0.05) is 36.2 Å². The van der Waals surface area contributed by atoms with E-state index in [9.17, 15) is 4.79 Å². The molecule has 3 heterocycles. The van der Waals surface area contributed by atoms with Crippen LogP contribution in [0.2, 0.25) is 0 Å². The van der Waals surface area contributed by atoms with Crippen molar-refractivity contribution in [1.82, 2.24) is 19.7 Å². The summed E-state index contributed by atoms with van der Waals surface area (Å²) in [4.78, 5) is 19.1. The van der Waals surface area contributed by atoms with Crippen LogP contribution in [0.1, 0.15) is 36.9 Å². The average molecular weight is 406 g/mol. The highest BCUT2D eigenvalue weighted by atomic mass is 32.2. The van der Waals surface area contributed by atoms with Gasteiger partial charge in [-0.2, -0.15) is 0 Å². The molecule has 1 amide bonds. The Labute approximate surface area is 174 Å². The Morgan fingerprint density at radius 1 is 1.24 bits per heavy atom. The zero-order valence-electron chi connectivity index (χ0n) is 16.4. The van der Waals surface area contributed by atoms with Crippen molar-refractivity contribution in [3.8, 4) is 11.4 Å². The second-order valence-corrected chi connectivity index (χ2v) is 8.49. The molecule has 0 atom stereocenters. The Morgan fingerprint density at radius 2 is 2.14 bits per heavy atom. The molecule has 5 rings (SSSR count). The molecule has 0 bridgehead atoms. The SMILES string of the molecule is CCc1ccc2c(c1)CCN2C(=O)CSc1nnc(-c2cccnc2)n1C1CC1. The zero-order valence-corrected chi connectivity index (χ0v) is 17.2. The van der Waals surface area contributed by atoms with Gasteiger partial charge in [-0.3, -0.25) is 14.3 Å². The molecule has 1 aromatic carbocycles. The van der Waals surface area contributed by atoms with Gasteiger partial charge in [0.2, 0.25) is 5.91 Å². The smallest absolute Gasteiger partial charge is 0.237 e. The Hall–Kier alpha value is -2.67. The summed E-state index contributed by atoms with van der Waals surface area (Å²) in [7, 11) is 0. The van der Waals surface area contributed by atoms with Crippen LogP contribution < -0.4 is 4.90 Å². The monoisotopic (exact) mass is 405 g/mol. The molecule has 1 aliphatic carbocycles. The van der Waals surface area contributed by atoms with Crippen LogP contribution in [-0.4, -0.2) is 38.0 Å². The first-order valence-electron chi connectivity index (χ1n) is 10.1. The van der Waals surface area contributed by atoms with Crippen molar-refractivity contribution >= 4 is 23.4 Å². The van der Waals surface area contributed by atoms with Crippen LogP contribution in [0.3, 0.4) is 0 Å². The van der Waals surface area contributed by atoms with Crippen LogP contribution in [0.4, 0.5) is 5.69 Å². The van der Waals surface area contributed by atoms with Gasteiger partial charge in [-0.25, -0.2) is 0 Å². The lowest BCUT2D eigenvalue weighted by Gasteiger charge is -2.17. The van der Waals surface area contributed by atoms with E-state index in [0.717, 1.165) is 54.5 Å². The first-order valence-corrected chi connectivity index (χ1v) is 11.1. The van der Waals surface area contributed by atoms with E-state index in [1.165, 1.54) is 22.9 Å². The fourth-order valence-corrected chi connectivity index (χ4v) is 4.75. The van der Waals surface area contributed by atoms with Crippen molar-refractivity contribution < 1.29 is 4.79 Å². The molecule has 3 aromatic rings. The highest BCUT2D eigenvalue weighted by molar-refractivity contribution is 7.99. The number of hydrogen-bond donors (Lipinski definition) is 0. The maximum Gasteiger partial charge on any atom is 0.237 e. The van der Waals surface area contributed by atoms with Gasteiger partial charge < -0.3 is 4.90 Å². The van der Waals surface area contributed by atoms with E-state index in [1.807, 2.05) is 23.2 Å². The quantitative estimate of drug-likeness (QED) is 0.582. The first kappa shape index (κ1) is 18.4. The van der Waals surface area contributed by atoms with Gasteiger partial charge in [-0.05, 0) is 55.0 Å². The lowest BCUT2D eigenvalue weighted by atomic mass is 10.1. The zero-order chi connectivity index (χ0) is 19.8. The Morgan fingerprint density at radius 3 is 2.90 bits per heavy atom. The lowest BCUT2D eigenvalue weighted by molar-refractivity contribution is -0.116. The maximum atomic E-state index is 12.9. The predicted octanol–water partition coefficient (Wildman–Crippen LogP) is 3.92. The minimum atomic E-state index is 0.131. The molecule has 1 fully saturated rings. The molecule has 0 radical (unpaired) electrons. The number of amides is 1. The number of nitrogens with zero attached hydrogens (tertiary/aromatic N) is 5. The number of hydrogen-bond acceptors (Lipinski definition) is 5. The van der Waals surface area contributed by atoms with Crippen LogP contribution in [0.15, 0.2) is 47.9 Å². The molecule has 7 heteroatoms. The minimum absolute atomic E-state index is 0.131. The molecule has 1 saturated carbocycles. The molecule has 0 saturated heterocycles. The van der Waals surface area contributed by atoms with Gasteiger partial charge in [0.1, 0.15) is 0 Å². The Bertz CT molecular complexity index is 1040. The van der Waals surface area contributed by atoms with Gasteiger partial charge in [-0.15, -0.1) is 10.2 Å². The highest BCUT2D eigenvalue weighted by Gasteiger charge is 2.31. The Balaban J connectivity index is 1.33. The molecule has 1 aliphatic heterocycles. The molecule has 2 aliphatic rings. The maximum absolute atomic E-state index is 12.9. The third-order valence-corrected chi connectivity index (χ3v) is 6.50. The van der Waals surface area contributed by atoms with Gasteiger partial charge >= 0.3 is 0 Å². The van der Waals surface area contributed by atoms with E-state index in [2.05, 4.69) is 44.9 Å². The van der Waals surface area contributed by atoms with E-state index in [1.54, 1.807) is 6.20 Å². The van der Waals surface area contributed by atoms with Crippen LogP contribution in [0, 0.1) is 0 Å². The van der Waals surface area contributed by atoms with E-state index >= 15 is 0 Å². The summed E-state index contributed by atoms with van der Waals surface area (Å²) in [5.41, 5.74) is 4.63. The summed E-state index contributed by atoms with van der Waals surface area (Å²) in [6.45, 7) is 2.92. The Kier molecular flexibility index (Phi) is 4.83. The molecule has 0 unspecified atom stereocenters. The van der Waals surface area contributed by atoms with E-state index in [4.69, 9.17) is 0 Å². The van der Waals surface area contributed by atoms with Crippen LogP contribution >= 0.6 is 11.8 Å². The van der Waals surface area contributed by atoms with Crippen molar-refractivity contribution in [3.05, 3.63) is 53.9 Å². The summed E-state index contributed by atoms with van der Waals surface area (Å²) in [5, 5.41) is 9.62. The number of benzene rings is 1. The highest BCUT2D eigenvalue weighted by Crippen LogP contribution is 2.41. The third kappa shape index (κ3) is 3.55. The van der Waals surface area contributed by atoms with Crippen LogP contribution in [0.25, 0.3) is 11.4 Å². The topological polar surface area (TPSA) is 63.9 Å². The lowest BCUT2D eigenvalue weighted by Crippen LogP contribution is -2.30. The number of rotatable bonds is 6. The molecule has 0 N–H and O–H groups in total. The van der Waals surface area contributed by atoms with Crippen LogP contribution in [0.5, 0.6) is 0 Å². The molecule has 148 valence electrons. The largest absolute Gasteiger partial charge is 0.311 e. The molecular formula is C22H23N5OS. The standard InChI is InChI=1S/C22H23N5OS/c1-2-15-5-8-19-16(12-15)9-11-26(19)20(28)14-29-22-25-24-21(27(22)18-6-7-18)17-4-3-10-23-13-17/h3-5,8,10,12-13,18H,2,6-7,9,11,14H2,1H3. The number of aryl methyl sites for hydroxylation is 1. The predicted molar refractivity (Wildman–Crippen MR) is 114 cm³/mol. The summed E-state index contributed by atoms with van der Waals surface area (Å²) < 4.78 is 2.18. The molecule has 0 spiro atoms. The molecular weight excluding hydrogens is 382 g/mol. The number of anilines is 1. The third-order valence-electron chi connectivity index (χ3n) is 5.57. The fraction of sp³-hybridized carbons (Fsp3) is 0.364. The number of thioether (sulfide) groups is 1. The second-order valence-electron chi connectivity index (χ2n) is 7.55. The van der Waals surface area contributed by atoms with Gasteiger partial charge in [0.05, 0.1) is 5.75 Å². The number of fused-ring (bicyclic) bond motifs is 1. The number of carbonyl (C=O) groups excluding carboxylic acids is 1. The van der Waals surface area contributed by atoms with Crippen molar-refractivity contribution in [3.63, 3.8) is 0 Å². The second kappa shape index (κ2) is 7.63. The van der Waals surface area contributed by atoms with Crippen molar-refractivity contribution in [1.29, 1.82) is 0 Å². The van der Waals surface area contributed by atoms with Gasteiger partial charge in [0.25, 0.3) is 0 Å². The van der Waals surface area contributed by atoms with Gasteiger partial charge in [0.15, 0.2) is 11.0 Å². The first-order chi connectivity index (χ1) is 14.2. The average Bonchev–Trinajstić information content (AvgIpc) is 3.37. The summed E-state index contributed by atoms with van der Waals surface area (Å²) in [6, 6.07) is 10.8. The summed E-state index contributed by atoms with van der Waals surface area (Å²) >= 11 is 1.49. The summed E-state index contributed by atoms with van der Waals surface area (Å²) in [6.07, 6.45) is 7.79. The fourth-order valence-electron chi connectivity index (χ4n) is 3.87. The molecule has 29 heavy (non-hydrogen) atoms. The van der Waals surface area contributed by atoms with Crippen molar-refractivity contribution in [2.45, 2.75) is 43.8 Å². The van der Waals surface area contributed by atoms with E-state index < -0.39 is 0 Å². The van der Waals surface area contributed by atoms with E-state index in [-0.39, 0.29) is 5.91 Å². The normalized spacial score (nSPS) is 15.6. The van der Waals surface area contributed by atoms with Crippen molar-refractivity contribution in [2.75, 3.05) is 17.2 Å². The molecule has 6 nitrogen and oxygen atoms in total. The van der Waals surface area contributed by atoms with Crippen LogP contribution in [-0.2, 0) is 17.6 Å². The van der Waals surface area contributed by atoms with Gasteiger partial charge in [-0.1, -0.05) is 30.8 Å². The van der Waals surface area contributed by atoms with E-state index in [0.29, 0.717) is 11.8 Å².